The molecule has 0 aliphatic carbocycles. The van der Waals surface area contributed by atoms with E-state index in [0.29, 0.717) is 29.1 Å². The summed E-state index contributed by atoms with van der Waals surface area (Å²) in [5.41, 5.74) is 12.1. The number of hydrogen-bond acceptors (Lipinski definition) is 10. The van der Waals surface area contributed by atoms with Crippen LogP contribution in [0.15, 0.2) is 33.9 Å². The highest BCUT2D eigenvalue weighted by Crippen LogP contribution is 2.21. The Bertz CT molecular complexity index is 802. The predicted molar refractivity (Wildman–Crippen MR) is 88.3 cm³/mol. The second-order valence-corrected chi connectivity index (χ2v) is 5.67. The maximum absolute atomic E-state index is 5.60. The van der Waals surface area contributed by atoms with E-state index in [4.69, 9.17) is 20.6 Å². The maximum Gasteiger partial charge on any atom is 0.277 e. The average Bonchev–Trinajstić information content (AvgIpc) is 3.00. The molecule has 124 valence electrons. The number of benzene rings is 1. The third-order valence-corrected chi connectivity index (χ3v) is 3.82. The highest BCUT2D eigenvalue weighted by molar-refractivity contribution is 7.98. The Morgan fingerprint density at radius 1 is 1.04 bits per heavy atom. The maximum atomic E-state index is 5.60. The third kappa shape index (κ3) is 4.10. The topological polar surface area (TPSA) is 139 Å². The number of rotatable bonds is 6. The normalized spacial score (nSPS) is 10.7. The lowest BCUT2D eigenvalue weighted by atomic mass is 10.1. The van der Waals surface area contributed by atoms with Gasteiger partial charge >= 0.3 is 0 Å². The Hall–Kier alpha value is -2.88. The van der Waals surface area contributed by atoms with E-state index < -0.39 is 0 Å². The van der Waals surface area contributed by atoms with E-state index >= 15 is 0 Å². The molecule has 3 rings (SSSR count). The Balaban J connectivity index is 1.60. The fourth-order valence-corrected chi connectivity index (χ4v) is 2.57. The van der Waals surface area contributed by atoms with Crippen molar-refractivity contribution in [3.05, 3.63) is 41.5 Å². The van der Waals surface area contributed by atoms with Crippen LogP contribution in [-0.2, 0) is 12.2 Å². The lowest BCUT2D eigenvalue weighted by molar-refractivity contribution is 0.413. The van der Waals surface area contributed by atoms with Gasteiger partial charge in [-0.1, -0.05) is 23.9 Å². The van der Waals surface area contributed by atoms with Crippen LogP contribution < -0.4 is 16.2 Å². The fraction of sp³-hybridized carbons (Fsp3) is 0.214. The van der Waals surface area contributed by atoms with Crippen LogP contribution in [0.1, 0.15) is 17.3 Å². The van der Waals surface area contributed by atoms with Gasteiger partial charge in [0.15, 0.2) is 0 Å². The molecular weight excluding hydrogens is 330 g/mol. The second-order valence-electron chi connectivity index (χ2n) is 4.74. The zero-order chi connectivity index (χ0) is 16.9. The van der Waals surface area contributed by atoms with Crippen LogP contribution in [0.3, 0.4) is 0 Å². The number of nitrogen functional groups attached to an aromatic ring is 2. The van der Waals surface area contributed by atoms with E-state index in [-0.39, 0.29) is 11.9 Å². The first kappa shape index (κ1) is 16.0. The van der Waals surface area contributed by atoms with Gasteiger partial charge in [-0.15, -0.1) is 10.2 Å². The van der Waals surface area contributed by atoms with Crippen molar-refractivity contribution < 1.29 is 9.15 Å². The monoisotopic (exact) mass is 345 g/mol. The van der Waals surface area contributed by atoms with Crippen molar-refractivity contribution in [1.29, 1.82) is 0 Å². The molecule has 2 aromatic heterocycles. The van der Waals surface area contributed by atoms with Crippen molar-refractivity contribution >= 4 is 23.7 Å². The molecule has 9 nitrogen and oxygen atoms in total. The number of nitrogens with two attached hydrogens (primary N) is 2. The van der Waals surface area contributed by atoms with Crippen molar-refractivity contribution in [3.63, 3.8) is 0 Å². The standard InChI is InChI=1S/C14H15N7O2S/c1-22-9-4-2-8(3-5-9)6-11-20-21-14(23-11)24-7-10-17-12(15)19-13(16)18-10/h2-5H,6-7H2,1H3,(H4,15,16,17,18,19). The van der Waals surface area contributed by atoms with Gasteiger partial charge in [0.25, 0.3) is 5.22 Å². The molecule has 0 unspecified atom stereocenters. The minimum atomic E-state index is 0.0869. The first-order valence-corrected chi connectivity index (χ1v) is 7.95. The Morgan fingerprint density at radius 3 is 2.42 bits per heavy atom. The molecule has 0 radical (unpaired) electrons. The molecule has 0 spiro atoms. The molecule has 2 heterocycles. The van der Waals surface area contributed by atoms with E-state index in [0.717, 1.165) is 11.3 Å². The first-order chi connectivity index (χ1) is 11.6. The predicted octanol–water partition coefficient (Wildman–Crippen LogP) is 1.31. The summed E-state index contributed by atoms with van der Waals surface area (Å²) in [6, 6.07) is 7.67. The molecule has 0 saturated carbocycles. The minimum Gasteiger partial charge on any atom is -0.497 e. The van der Waals surface area contributed by atoms with E-state index in [1.165, 1.54) is 11.8 Å². The van der Waals surface area contributed by atoms with Crippen LogP contribution in [0, 0.1) is 0 Å². The summed E-state index contributed by atoms with van der Waals surface area (Å²) in [6.45, 7) is 0. The summed E-state index contributed by atoms with van der Waals surface area (Å²) in [6.07, 6.45) is 0.545. The fourth-order valence-electron chi connectivity index (χ4n) is 1.93. The summed E-state index contributed by atoms with van der Waals surface area (Å²) in [4.78, 5) is 11.7. The third-order valence-electron chi connectivity index (χ3n) is 3.00. The SMILES string of the molecule is COc1ccc(Cc2nnc(SCc3nc(N)nc(N)n3)o2)cc1. The number of hydrogen-bond donors (Lipinski definition) is 2. The number of thioether (sulfide) groups is 1. The molecule has 3 aromatic rings. The molecule has 24 heavy (non-hydrogen) atoms. The number of nitrogens with zero attached hydrogens (tertiary/aromatic N) is 5. The smallest absolute Gasteiger partial charge is 0.277 e. The molecular formula is C14H15N7O2S. The van der Waals surface area contributed by atoms with Gasteiger partial charge in [0.05, 0.1) is 19.3 Å². The van der Waals surface area contributed by atoms with Crippen LogP contribution in [0.25, 0.3) is 0 Å². The Morgan fingerprint density at radius 2 is 1.75 bits per heavy atom. The number of anilines is 2. The molecule has 0 amide bonds. The second kappa shape index (κ2) is 7.13. The van der Waals surface area contributed by atoms with Gasteiger partial charge in [0, 0.05) is 0 Å². The lowest BCUT2D eigenvalue weighted by Crippen LogP contribution is -2.05. The van der Waals surface area contributed by atoms with Gasteiger partial charge < -0.3 is 20.6 Å². The lowest BCUT2D eigenvalue weighted by Gasteiger charge is -2.01. The van der Waals surface area contributed by atoms with Crippen molar-refractivity contribution in [1.82, 2.24) is 25.1 Å². The molecule has 0 bridgehead atoms. The van der Waals surface area contributed by atoms with Gasteiger partial charge in [-0.25, -0.2) is 0 Å². The molecule has 1 aromatic carbocycles. The van der Waals surface area contributed by atoms with Crippen molar-refractivity contribution in [2.75, 3.05) is 18.6 Å². The van der Waals surface area contributed by atoms with Gasteiger partial charge in [0.1, 0.15) is 11.6 Å². The van der Waals surface area contributed by atoms with Crippen LogP contribution in [0.2, 0.25) is 0 Å². The van der Waals surface area contributed by atoms with Crippen LogP contribution in [0.4, 0.5) is 11.9 Å². The molecule has 0 fully saturated rings. The average molecular weight is 345 g/mol. The molecule has 0 aliphatic heterocycles. The van der Waals surface area contributed by atoms with E-state index in [1.807, 2.05) is 24.3 Å². The number of aromatic nitrogens is 5. The van der Waals surface area contributed by atoms with Crippen molar-refractivity contribution in [3.8, 4) is 5.75 Å². The summed E-state index contributed by atoms with van der Waals surface area (Å²) >= 11 is 1.30. The molecule has 10 heteroatoms. The van der Waals surface area contributed by atoms with Gasteiger partial charge in [-0.2, -0.15) is 15.0 Å². The van der Waals surface area contributed by atoms with E-state index in [9.17, 15) is 0 Å². The van der Waals surface area contributed by atoms with Crippen LogP contribution in [0.5, 0.6) is 5.75 Å². The Kier molecular flexibility index (Phi) is 4.75. The van der Waals surface area contributed by atoms with Crippen LogP contribution >= 0.6 is 11.8 Å². The van der Waals surface area contributed by atoms with Crippen LogP contribution in [-0.4, -0.2) is 32.3 Å². The molecule has 4 N–H and O–H groups in total. The summed E-state index contributed by atoms with van der Waals surface area (Å²) in [7, 11) is 1.63. The zero-order valence-corrected chi connectivity index (χ0v) is 13.7. The molecule has 0 saturated heterocycles. The van der Waals surface area contributed by atoms with Gasteiger partial charge in [-0.05, 0) is 17.7 Å². The Labute approximate surface area is 141 Å². The quantitative estimate of drug-likeness (QED) is 0.628. The van der Waals surface area contributed by atoms with Gasteiger partial charge in [-0.3, -0.25) is 0 Å². The summed E-state index contributed by atoms with van der Waals surface area (Å²) < 4.78 is 10.7. The van der Waals surface area contributed by atoms with Gasteiger partial charge in [0.2, 0.25) is 17.8 Å². The van der Waals surface area contributed by atoms with Crippen molar-refractivity contribution in [2.24, 2.45) is 0 Å². The molecule has 0 atom stereocenters. The summed E-state index contributed by atoms with van der Waals surface area (Å²) in [5, 5.41) is 8.45. The summed E-state index contributed by atoms with van der Waals surface area (Å²) in [5.74, 6) is 2.36. The first-order valence-electron chi connectivity index (χ1n) is 6.96. The minimum absolute atomic E-state index is 0.0869. The molecule has 0 aliphatic rings. The highest BCUT2D eigenvalue weighted by atomic mass is 32.2. The van der Waals surface area contributed by atoms with E-state index in [1.54, 1.807) is 7.11 Å². The van der Waals surface area contributed by atoms with Crippen molar-refractivity contribution in [2.45, 2.75) is 17.4 Å². The van der Waals surface area contributed by atoms with E-state index in [2.05, 4.69) is 25.1 Å². The zero-order valence-electron chi connectivity index (χ0n) is 12.8. The number of ether oxygens (including phenoxy) is 1. The largest absolute Gasteiger partial charge is 0.497 e. The number of methoxy groups -OCH3 is 1. The highest BCUT2D eigenvalue weighted by Gasteiger charge is 2.10.